The Morgan fingerprint density at radius 2 is 1.64 bits per heavy atom. The molecule has 3 atom stereocenters. The summed E-state index contributed by atoms with van der Waals surface area (Å²) >= 11 is 0. The number of hydrogen-bond donors (Lipinski definition) is 2. The fourth-order valence-electron chi connectivity index (χ4n) is 5.10. The average Bonchev–Trinajstić information content (AvgIpc) is 3.38. The lowest BCUT2D eigenvalue weighted by atomic mass is 9.74. The third-order valence-electron chi connectivity index (χ3n) is 6.83. The standard InChI is InChI=1S/C30H29NO5/c32-26(33)19-35-23-15-9-14-22(18-23)28(34)24-16-7-8-17-25(24)30-31-27(20-10-3-1-4-11-20)29(36-30)21-12-5-2-6-13-21/h1-6,9-15,18,24-25,28,34H,7-8,16-17,19H2,(H,32,33)/t24-,25+,28?/m1/s1. The molecule has 0 saturated heterocycles. The quantitative estimate of drug-likeness (QED) is 0.298. The van der Waals surface area contributed by atoms with Crippen molar-refractivity contribution in [3.63, 3.8) is 0 Å². The minimum Gasteiger partial charge on any atom is -0.482 e. The molecule has 0 aliphatic heterocycles. The number of aliphatic hydroxyl groups excluding tert-OH is 1. The second-order valence-corrected chi connectivity index (χ2v) is 9.22. The van der Waals surface area contributed by atoms with Gasteiger partial charge < -0.3 is 19.4 Å². The average molecular weight is 484 g/mol. The molecule has 1 saturated carbocycles. The molecule has 6 heteroatoms. The Kier molecular flexibility index (Phi) is 7.14. The molecule has 0 spiro atoms. The first-order valence-corrected chi connectivity index (χ1v) is 12.3. The van der Waals surface area contributed by atoms with E-state index in [1.807, 2.05) is 66.7 Å². The third-order valence-corrected chi connectivity index (χ3v) is 6.83. The molecule has 6 nitrogen and oxygen atoms in total. The summed E-state index contributed by atoms with van der Waals surface area (Å²) in [7, 11) is 0. The summed E-state index contributed by atoms with van der Waals surface area (Å²) in [5.41, 5.74) is 3.46. The summed E-state index contributed by atoms with van der Waals surface area (Å²) in [4.78, 5) is 15.9. The van der Waals surface area contributed by atoms with Crippen molar-refractivity contribution < 1.29 is 24.2 Å². The molecule has 36 heavy (non-hydrogen) atoms. The van der Waals surface area contributed by atoms with E-state index in [0.717, 1.165) is 48.3 Å². The maximum Gasteiger partial charge on any atom is 0.341 e. The van der Waals surface area contributed by atoms with Crippen molar-refractivity contribution in [2.24, 2.45) is 5.92 Å². The minimum atomic E-state index is -1.04. The van der Waals surface area contributed by atoms with Gasteiger partial charge in [0.15, 0.2) is 18.3 Å². The second-order valence-electron chi connectivity index (χ2n) is 9.22. The van der Waals surface area contributed by atoms with Crippen LogP contribution in [0.5, 0.6) is 5.75 Å². The Balaban J connectivity index is 1.49. The molecule has 5 rings (SSSR count). The van der Waals surface area contributed by atoms with Gasteiger partial charge in [-0.3, -0.25) is 0 Å². The summed E-state index contributed by atoms with van der Waals surface area (Å²) in [6.45, 7) is -0.424. The van der Waals surface area contributed by atoms with Gasteiger partial charge in [0, 0.05) is 23.0 Å². The van der Waals surface area contributed by atoms with Crippen LogP contribution in [0.1, 0.15) is 49.2 Å². The number of carboxylic acids is 1. The van der Waals surface area contributed by atoms with Crippen molar-refractivity contribution in [2.75, 3.05) is 6.61 Å². The van der Waals surface area contributed by atoms with E-state index < -0.39 is 18.7 Å². The summed E-state index contributed by atoms with van der Waals surface area (Å²) in [5.74, 6) is 0.641. The zero-order valence-electron chi connectivity index (χ0n) is 19.9. The maximum absolute atomic E-state index is 11.4. The molecule has 1 heterocycles. The first-order valence-electron chi connectivity index (χ1n) is 12.3. The van der Waals surface area contributed by atoms with Crippen LogP contribution >= 0.6 is 0 Å². The van der Waals surface area contributed by atoms with Crippen LogP contribution in [0.3, 0.4) is 0 Å². The van der Waals surface area contributed by atoms with Crippen LogP contribution in [-0.2, 0) is 4.79 Å². The monoisotopic (exact) mass is 483 g/mol. The molecule has 0 radical (unpaired) electrons. The number of oxazole rings is 1. The van der Waals surface area contributed by atoms with Crippen LogP contribution in [0.2, 0.25) is 0 Å². The number of nitrogens with zero attached hydrogens (tertiary/aromatic N) is 1. The molecule has 1 aliphatic rings. The predicted octanol–water partition coefficient (Wildman–Crippen LogP) is 6.48. The molecular formula is C30H29NO5. The van der Waals surface area contributed by atoms with E-state index in [9.17, 15) is 9.90 Å². The van der Waals surface area contributed by atoms with Gasteiger partial charge in [0.25, 0.3) is 0 Å². The molecule has 1 aromatic heterocycles. The van der Waals surface area contributed by atoms with Crippen molar-refractivity contribution in [1.82, 2.24) is 4.98 Å². The van der Waals surface area contributed by atoms with Crippen molar-refractivity contribution in [3.05, 3.63) is 96.4 Å². The Morgan fingerprint density at radius 3 is 2.36 bits per heavy atom. The smallest absolute Gasteiger partial charge is 0.341 e. The number of hydrogen-bond acceptors (Lipinski definition) is 5. The fraction of sp³-hybridized carbons (Fsp3) is 0.267. The summed E-state index contributed by atoms with van der Waals surface area (Å²) < 4.78 is 11.8. The molecule has 3 aromatic carbocycles. The topological polar surface area (TPSA) is 92.8 Å². The van der Waals surface area contributed by atoms with Crippen LogP contribution in [0.25, 0.3) is 22.6 Å². The number of ether oxygens (including phenoxy) is 1. The van der Waals surface area contributed by atoms with Gasteiger partial charge in [-0.15, -0.1) is 0 Å². The van der Waals surface area contributed by atoms with E-state index in [2.05, 4.69) is 0 Å². The van der Waals surface area contributed by atoms with Crippen LogP contribution in [0.4, 0.5) is 0 Å². The van der Waals surface area contributed by atoms with Gasteiger partial charge in [0.05, 0.1) is 6.10 Å². The van der Waals surface area contributed by atoms with E-state index in [0.29, 0.717) is 17.2 Å². The molecule has 0 bridgehead atoms. The van der Waals surface area contributed by atoms with Crippen LogP contribution in [0.15, 0.2) is 89.3 Å². The van der Waals surface area contributed by atoms with E-state index >= 15 is 0 Å². The van der Waals surface area contributed by atoms with Crippen molar-refractivity contribution in [2.45, 2.75) is 37.7 Å². The number of rotatable bonds is 8. The normalized spacial score (nSPS) is 18.5. The highest BCUT2D eigenvalue weighted by Gasteiger charge is 2.36. The number of carboxylic acid groups (broad SMARTS) is 1. The van der Waals surface area contributed by atoms with E-state index in [1.165, 1.54) is 0 Å². The maximum atomic E-state index is 11.4. The van der Waals surface area contributed by atoms with Gasteiger partial charge in [-0.25, -0.2) is 9.78 Å². The lowest BCUT2D eigenvalue weighted by Gasteiger charge is -2.33. The Labute approximate surface area is 210 Å². The molecule has 184 valence electrons. The predicted molar refractivity (Wildman–Crippen MR) is 137 cm³/mol. The number of aromatic nitrogens is 1. The van der Waals surface area contributed by atoms with Crippen molar-refractivity contribution in [3.8, 4) is 28.3 Å². The molecule has 4 aromatic rings. The lowest BCUT2D eigenvalue weighted by Crippen LogP contribution is -2.24. The summed E-state index contributed by atoms with van der Waals surface area (Å²) in [6.07, 6.45) is 3.02. The van der Waals surface area contributed by atoms with Gasteiger partial charge in [0.1, 0.15) is 11.4 Å². The highest BCUT2D eigenvalue weighted by atomic mass is 16.5. The van der Waals surface area contributed by atoms with E-state index in [1.54, 1.807) is 18.2 Å². The second kappa shape index (κ2) is 10.8. The van der Waals surface area contributed by atoms with Gasteiger partial charge >= 0.3 is 5.97 Å². The zero-order chi connectivity index (χ0) is 24.9. The van der Waals surface area contributed by atoms with Gasteiger partial charge in [-0.05, 0) is 30.5 Å². The van der Waals surface area contributed by atoms with Crippen molar-refractivity contribution in [1.29, 1.82) is 0 Å². The molecule has 1 fully saturated rings. The summed E-state index contributed by atoms with van der Waals surface area (Å²) in [6, 6.07) is 27.1. The first-order chi connectivity index (χ1) is 17.6. The molecule has 1 unspecified atom stereocenters. The molecule has 0 amide bonds. The third kappa shape index (κ3) is 5.19. The lowest BCUT2D eigenvalue weighted by molar-refractivity contribution is -0.139. The van der Waals surface area contributed by atoms with Gasteiger partial charge in [0.2, 0.25) is 0 Å². The SMILES string of the molecule is O=C(O)COc1cccc(C(O)[C@@H]2CCCC[C@@H]2c2nc(-c3ccccc3)c(-c3ccccc3)o2)c1. The van der Waals surface area contributed by atoms with E-state index in [-0.39, 0.29) is 11.8 Å². The fourth-order valence-corrected chi connectivity index (χ4v) is 5.10. The Hall–Kier alpha value is -3.90. The number of aliphatic carboxylic acids is 1. The zero-order valence-corrected chi connectivity index (χ0v) is 19.9. The number of aliphatic hydroxyl groups is 1. The van der Waals surface area contributed by atoms with Crippen LogP contribution in [0, 0.1) is 5.92 Å². The number of benzene rings is 3. The largest absolute Gasteiger partial charge is 0.482 e. The molecule has 2 N–H and O–H groups in total. The van der Waals surface area contributed by atoms with Gasteiger partial charge in [-0.1, -0.05) is 85.6 Å². The molecular weight excluding hydrogens is 454 g/mol. The van der Waals surface area contributed by atoms with Gasteiger partial charge in [-0.2, -0.15) is 0 Å². The Morgan fingerprint density at radius 1 is 0.944 bits per heavy atom. The first kappa shape index (κ1) is 23.8. The summed E-state index contributed by atoms with van der Waals surface area (Å²) in [5, 5.41) is 20.4. The van der Waals surface area contributed by atoms with Crippen LogP contribution in [-0.4, -0.2) is 27.8 Å². The van der Waals surface area contributed by atoms with Crippen LogP contribution < -0.4 is 4.74 Å². The highest BCUT2D eigenvalue weighted by Crippen LogP contribution is 2.46. The minimum absolute atomic E-state index is 0.0442. The Bertz CT molecular complexity index is 1240. The highest BCUT2D eigenvalue weighted by molar-refractivity contribution is 5.76. The molecule has 1 aliphatic carbocycles. The van der Waals surface area contributed by atoms with Crippen molar-refractivity contribution >= 4 is 5.97 Å². The number of carbonyl (C=O) groups is 1. The van der Waals surface area contributed by atoms with E-state index in [4.69, 9.17) is 19.2 Å².